The molecule has 0 aliphatic carbocycles. The fourth-order valence-corrected chi connectivity index (χ4v) is 1.78. The maximum absolute atomic E-state index is 11.2. The van der Waals surface area contributed by atoms with Crippen LogP contribution in [0.2, 0.25) is 0 Å². The summed E-state index contributed by atoms with van der Waals surface area (Å²) in [6, 6.07) is 0. The Morgan fingerprint density at radius 2 is 2.38 bits per heavy atom. The van der Waals surface area contributed by atoms with Crippen molar-refractivity contribution in [1.82, 2.24) is 9.78 Å². The Morgan fingerprint density at radius 3 is 2.77 bits per heavy atom. The van der Waals surface area contributed by atoms with Gasteiger partial charge in [-0.3, -0.25) is 9.48 Å². The summed E-state index contributed by atoms with van der Waals surface area (Å²) in [5, 5.41) is 4.15. The van der Waals surface area contributed by atoms with Crippen LogP contribution < -0.4 is 0 Å². The molecule has 0 aromatic carbocycles. The van der Waals surface area contributed by atoms with Gasteiger partial charge in [0.25, 0.3) is 0 Å². The van der Waals surface area contributed by atoms with Crippen molar-refractivity contribution < 1.29 is 9.53 Å². The molecule has 0 spiro atoms. The SMILES string of the molecule is COC(=O)C(C)c1nn(C)cc1Br. The van der Waals surface area contributed by atoms with E-state index in [4.69, 9.17) is 0 Å². The van der Waals surface area contributed by atoms with E-state index in [-0.39, 0.29) is 11.9 Å². The number of carbonyl (C=O) groups is 1. The van der Waals surface area contributed by atoms with E-state index in [2.05, 4.69) is 25.8 Å². The quantitative estimate of drug-likeness (QED) is 0.743. The largest absolute Gasteiger partial charge is 0.469 e. The van der Waals surface area contributed by atoms with E-state index >= 15 is 0 Å². The van der Waals surface area contributed by atoms with Gasteiger partial charge < -0.3 is 4.74 Å². The van der Waals surface area contributed by atoms with Crippen LogP contribution in [-0.2, 0) is 16.6 Å². The van der Waals surface area contributed by atoms with E-state index in [1.54, 1.807) is 24.9 Å². The number of hydrogen-bond acceptors (Lipinski definition) is 3. The molecule has 0 N–H and O–H groups in total. The van der Waals surface area contributed by atoms with E-state index in [0.717, 1.165) is 4.47 Å². The monoisotopic (exact) mass is 246 g/mol. The second kappa shape index (κ2) is 3.91. The van der Waals surface area contributed by atoms with Crippen molar-refractivity contribution in [2.75, 3.05) is 7.11 Å². The summed E-state index contributed by atoms with van der Waals surface area (Å²) in [5.74, 6) is -0.611. The van der Waals surface area contributed by atoms with Crippen molar-refractivity contribution in [2.24, 2.45) is 7.05 Å². The maximum Gasteiger partial charge on any atom is 0.314 e. The smallest absolute Gasteiger partial charge is 0.314 e. The molecule has 13 heavy (non-hydrogen) atoms. The Kier molecular flexibility index (Phi) is 3.08. The number of carbonyl (C=O) groups excluding carboxylic acids is 1. The third kappa shape index (κ3) is 2.09. The summed E-state index contributed by atoms with van der Waals surface area (Å²) in [7, 11) is 3.17. The van der Waals surface area contributed by atoms with Crippen LogP contribution in [0, 0.1) is 0 Å². The Bertz CT molecular complexity index is 322. The van der Waals surface area contributed by atoms with Crippen LogP contribution in [0.1, 0.15) is 18.5 Å². The zero-order valence-corrected chi connectivity index (χ0v) is 9.33. The first-order valence-electron chi connectivity index (χ1n) is 3.83. The van der Waals surface area contributed by atoms with Crippen LogP contribution >= 0.6 is 15.9 Å². The van der Waals surface area contributed by atoms with Crippen LogP contribution in [0.3, 0.4) is 0 Å². The molecule has 0 fully saturated rings. The van der Waals surface area contributed by atoms with Crippen LogP contribution in [0.15, 0.2) is 10.7 Å². The van der Waals surface area contributed by atoms with Crippen molar-refractivity contribution in [2.45, 2.75) is 12.8 Å². The van der Waals surface area contributed by atoms with Gasteiger partial charge in [0, 0.05) is 13.2 Å². The average Bonchev–Trinajstić information content (AvgIpc) is 2.42. The van der Waals surface area contributed by atoms with Crippen LogP contribution in [0.4, 0.5) is 0 Å². The third-order valence-electron chi connectivity index (χ3n) is 1.78. The van der Waals surface area contributed by atoms with Gasteiger partial charge in [0.2, 0.25) is 0 Å². The lowest BCUT2D eigenvalue weighted by atomic mass is 10.1. The molecule has 0 aliphatic heterocycles. The fourth-order valence-electron chi connectivity index (χ4n) is 1.06. The lowest BCUT2D eigenvalue weighted by Gasteiger charge is -2.05. The molecule has 0 aliphatic rings. The van der Waals surface area contributed by atoms with Crippen LogP contribution in [0.25, 0.3) is 0 Å². The first kappa shape index (κ1) is 10.2. The normalized spacial score (nSPS) is 12.6. The minimum absolute atomic E-state index is 0.278. The van der Waals surface area contributed by atoms with Crippen molar-refractivity contribution in [3.8, 4) is 0 Å². The standard InChI is InChI=1S/C8H11BrN2O2/c1-5(8(12)13-3)7-6(9)4-11(2)10-7/h4-5H,1-3H3. The molecule has 1 atom stereocenters. The van der Waals surface area contributed by atoms with Crippen LogP contribution in [-0.4, -0.2) is 22.9 Å². The van der Waals surface area contributed by atoms with Gasteiger partial charge in [-0.15, -0.1) is 0 Å². The summed E-state index contributed by atoms with van der Waals surface area (Å²) in [5.41, 5.74) is 0.703. The summed E-state index contributed by atoms with van der Waals surface area (Å²) in [4.78, 5) is 11.2. The van der Waals surface area contributed by atoms with Gasteiger partial charge >= 0.3 is 5.97 Å². The first-order valence-corrected chi connectivity index (χ1v) is 4.62. The zero-order valence-electron chi connectivity index (χ0n) is 7.74. The summed E-state index contributed by atoms with van der Waals surface area (Å²) in [6.07, 6.45) is 1.80. The second-order valence-electron chi connectivity index (χ2n) is 2.78. The summed E-state index contributed by atoms with van der Waals surface area (Å²) < 4.78 is 7.10. The van der Waals surface area contributed by atoms with Crippen LogP contribution in [0.5, 0.6) is 0 Å². The van der Waals surface area contributed by atoms with Crippen molar-refractivity contribution in [1.29, 1.82) is 0 Å². The highest BCUT2D eigenvalue weighted by Crippen LogP contribution is 2.23. The molecule has 0 saturated carbocycles. The number of aryl methyl sites for hydroxylation is 1. The molecule has 1 aromatic heterocycles. The number of ether oxygens (including phenoxy) is 1. The number of hydrogen-bond donors (Lipinski definition) is 0. The van der Waals surface area contributed by atoms with Crippen molar-refractivity contribution >= 4 is 21.9 Å². The van der Waals surface area contributed by atoms with Gasteiger partial charge in [-0.25, -0.2) is 0 Å². The van der Waals surface area contributed by atoms with E-state index < -0.39 is 0 Å². The topological polar surface area (TPSA) is 44.1 Å². The van der Waals surface area contributed by atoms with E-state index in [1.807, 2.05) is 0 Å². The molecule has 1 unspecified atom stereocenters. The second-order valence-corrected chi connectivity index (χ2v) is 3.64. The van der Waals surface area contributed by atoms with Crippen molar-refractivity contribution in [3.05, 3.63) is 16.4 Å². The van der Waals surface area contributed by atoms with Gasteiger partial charge in [0.1, 0.15) is 0 Å². The molecule has 0 amide bonds. The van der Waals surface area contributed by atoms with E-state index in [0.29, 0.717) is 5.69 Å². The Hall–Kier alpha value is -0.840. The average molecular weight is 247 g/mol. The molecular formula is C8H11BrN2O2. The molecule has 4 nitrogen and oxygen atoms in total. The Morgan fingerprint density at radius 1 is 1.77 bits per heavy atom. The number of aromatic nitrogens is 2. The molecule has 1 aromatic rings. The fraction of sp³-hybridized carbons (Fsp3) is 0.500. The summed E-state index contributed by atoms with van der Waals surface area (Å²) in [6.45, 7) is 1.76. The number of esters is 1. The highest BCUT2D eigenvalue weighted by Gasteiger charge is 2.21. The number of nitrogens with zero attached hydrogens (tertiary/aromatic N) is 2. The van der Waals surface area contributed by atoms with Gasteiger partial charge in [0.15, 0.2) is 0 Å². The van der Waals surface area contributed by atoms with Gasteiger partial charge in [0.05, 0.1) is 23.2 Å². The zero-order chi connectivity index (χ0) is 10.0. The molecule has 1 heterocycles. The predicted molar refractivity (Wildman–Crippen MR) is 51.3 cm³/mol. The molecule has 72 valence electrons. The molecular weight excluding hydrogens is 236 g/mol. The minimum atomic E-state index is -0.333. The molecule has 1 rings (SSSR count). The Balaban J connectivity index is 2.94. The highest BCUT2D eigenvalue weighted by molar-refractivity contribution is 9.10. The highest BCUT2D eigenvalue weighted by atomic mass is 79.9. The minimum Gasteiger partial charge on any atom is -0.469 e. The third-order valence-corrected chi connectivity index (χ3v) is 2.39. The molecule has 5 heteroatoms. The molecule has 0 radical (unpaired) electrons. The van der Waals surface area contributed by atoms with Crippen molar-refractivity contribution in [3.63, 3.8) is 0 Å². The van der Waals surface area contributed by atoms with Gasteiger partial charge in [-0.05, 0) is 22.9 Å². The summed E-state index contributed by atoms with van der Waals surface area (Å²) >= 11 is 3.32. The number of rotatable bonds is 2. The molecule has 0 saturated heterocycles. The number of methoxy groups -OCH3 is 1. The molecule has 0 bridgehead atoms. The van der Waals surface area contributed by atoms with E-state index in [9.17, 15) is 4.79 Å². The maximum atomic E-state index is 11.2. The lowest BCUT2D eigenvalue weighted by molar-refractivity contribution is -0.142. The predicted octanol–water partition coefficient (Wildman–Crippen LogP) is 1.46. The lowest BCUT2D eigenvalue weighted by Crippen LogP contribution is -2.12. The Labute approximate surface area is 85.0 Å². The van der Waals surface area contributed by atoms with Gasteiger partial charge in [-0.2, -0.15) is 5.10 Å². The first-order chi connectivity index (χ1) is 6.06. The number of halogens is 1. The van der Waals surface area contributed by atoms with E-state index in [1.165, 1.54) is 7.11 Å². The van der Waals surface area contributed by atoms with Gasteiger partial charge in [-0.1, -0.05) is 0 Å².